The Labute approximate surface area is 214 Å². The number of hydrogen-bond acceptors (Lipinski definition) is 7. The fourth-order valence-electron chi connectivity index (χ4n) is 5.18. The Morgan fingerprint density at radius 2 is 1.97 bits per heavy atom. The van der Waals surface area contributed by atoms with E-state index in [4.69, 9.17) is 9.84 Å². The van der Waals surface area contributed by atoms with Crippen LogP contribution in [-0.4, -0.2) is 65.4 Å². The normalized spacial score (nSPS) is 18.7. The van der Waals surface area contributed by atoms with E-state index >= 15 is 0 Å². The zero-order valence-electron chi connectivity index (χ0n) is 20.5. The smallest absolute Gasteiger partial charge is 0.154 e. The number of anilines is 1. The number of halogens is 1. The average Bonchev–Trinajstić information content (AvgIpc) is 3.37. The molecule has 2 fully saturated rings. The topological polar surface area (TPSA) is 81.7 Å². The Kier molecular flexibility index (Phi) is 6.53. The maximum absolute atomic E-state index is 14.0. The summed E-state index contributed by atoms with van der Waals surface area (Å²) < 4.78 is 21.6. The summed E-state index contributed by atoms with van der Waals surface area (Å²) in [4.78, 5) is 9.11. The van der Waals surface area contributed by atoms with Crippen LogP contribution < -0.4 is 10.2 Å². The molecule has 2 aromatic carbocycles. The number of aromatic nitrogens is 3. The number of fused-ring (bicyclic) bond motifs is 1. The van der Waals surface area contributed by atoms with Crippen LogP contribution in [-0.2, 0) is 11.3 Å². The van der Waals surface area contributed by atoms with Crippen molar-refractivity contribution in [3.05, 3.63) is 83.3 Å². The summed E-state index contributed by atoms with van der Waals surface area (Å²) in [6.07, 6.45) is 1.82. The van der Waals surface area contributed by atoms with Crippen LogP contribution >= 0.6 is 0 Å². The van der Waals surface area contributed by atoms with Crippen LogP contribution in [0.2, 0.25) is 0 Å². The largest absolute Gasteiger partial charge is 0.377 e. The van der Waals surface area contributed by atoms with E-state index in [1.165, 1.54) is 6.07 Å². The van der Waals surface area contributed by atoms with Crippen molar-refractivity contribution in [2.75, 3.05) is 50.8 Å². The van der Waals surface area contributed by atoms with Crippen molar-refractivity contribution in [1.82, 2.24) is 24.8 Å². The number of nitrogens with one attached hydrogen (secondary N) is 1. The molecule has 0 aliphatic carbocycles. The van der Waals surface area contributed by atoms with Crippen LogP contribution in [0.25, 0.3) is 16.9 Å². The van der Waals surface area contributed by atoms with Gasteiger partial charge in [-0.3, -0.25) is 4.90 Å². The van der Waals surface area contributed by atoms with E-state index in [9.17, 15) is 9.65 Å². The van der Waals surface area contributed by atoms with Gasteiger partial charge in [-0.15, -0.1) is 5.10 Å². The lowest BCUT2D eigenvalue weighted by Gasteiger charge is -2.36. The molecule has 188 valence electrons. The van der Waals surface area contributed by atoms with Crippen molar-refractivity contribution in [3.8, 4) is 17.3 Å². The Hall–Kier alpha value is -3.84. The molecule has 9 heteroatoms. The summed E-state index contributed by atoms with van der Waals surface area (Å²) in [5.41, 5.74) is 5.12. The van der Waals surface area contributed by atoms with E-state index in [2.05, 4.69) is 32.2 Å². The molecule has 0 saturated carbocycles. The van der Waals surface area contributed by atoms with Crippen LogP contribution in [0.4, 0.5) is 10.2 Å². The first kappa shape index (κ1) is 23.6. The quantitative estimate of drug-likeness (QED) is 0.453. The lowest BCUT2D eigenvalue weighted by molar-refractivity contribution is 0.0935. The lowest BCUT2D eigenvalue weighted by atomic mass is 10.0. The molecule has 1 unspecified atom stereocenters. The summed E-state index contributed by atoms with van der Waals surface area (Å²) in [6.45, 7) is 6.26. The van der Waals surface area contributed by atoms with Gasteiger partial charge in [0.15, 0.2) is 5.65 Å². The molecule has 0 amide bonds. The van der Waals surface area contributed by atoms with Crippen molar-refractivity contribution in [2.45, 2.75) is 12.6 Å². The van der Waals surface area contributed by atoms with Gasteiger partial charge < -0.3 is 15.0 Å². The predicted octanol–water partition coefficient (Wildman–Crippen LogP) is 3.39. The van der Waals surface area contributed by atoms with E-state index in [1.54, 1.807) is 12.1 Å². The molecule has 2 aliphatic heterocycles. The molecule has 2 aromatic heterocycles. The van der Waals surface area contributed by atoms with E-state index in [0.717, 1.165) is 66.6 Å². The van der Waals surface area contributed by atoms with Crippen molar-refractivity contribution in [1.29, 1.82) is 5.26 Å². The number of ether oxygens (including phenoxy) is 1. The molecule has 2 aliphatic rings. The van der Waals surface area contributed by atoms with E-state index in [0.29, 0.717) is 25.3 Å². The molecule has 4 heterocycles. The molecule has 2 saturated heterocycles. The summed E-state index contributed by atoms with van der Waals surface area (Å²) in [5, 5.41) is 18.1. The van der Waals surface area contributed by atoms with Crippen LogP contribution in [0.3, 0.4) is 0 Å². The zero-order chi connectivity index (χ0) is 25.2. The maximum atomic E-state index is 14.0. The van der Waals surface area contributed by atoms with Crippen LogP contribution in [0, 0.1) is 17.1 Å². The van der Waals surface area contributed by atoms with Gasteiger partial charge in [-0.1, -0.05) is 18.2 Å². The van der Waals surface area contributed by atoms with Crippen LogP contribution in [0.5, 0.6) is 0 Å². The Morgan fingerprint density at radius 3 is 2.81 bits per heavy atom. The fraction of sp³-hybridized carbons (Fsp3) is 0.321. The number of hydrogen-bond donors (Lipinski definition) is 1. The summed E-state index contributed by atoms with van der Waals surface area (Å²) in [7, 11) is 0. The molecule has 0 spiro atoms. The van der Waals surface area contributed by atoms with Crippen molar-refractivity contribution in [2.24, 2.45) is 0 Å². The van der Waals surface area contributed by atoms with Gasteiger partial charge in [0.25, 0.3) is 0 Å². The molecule has 4 aromatic rings. The molecule has 0 bridgehead atoms. The molecule has 0 radical (unpaired) electrons. The number of rotatable bonds is 5. The molecule has 1 atom stereocenters. The third-order valence-corrected chi connectivity index (χ3v) is 7.13. The monoisotopic (exact) mass is 497 g/mol. The molecule has 6 rings (SSSR count). The Bertz CT molecular complexity index is 1460. The second-order valence-corrected chi connectivity index (χ2v) is 9.45. The molecular weight excluding hydrogens is 469 g/mol. The number of imidazole rings is 1. The second kappa shape index (κ2) is 10.3. The van der Waals surface area contributed by atoms with Crippen molar-refractivity contribution >= 4 is 11.5 Å². The SMILES string of the molecule is N#Cc1ccc(-c2cnc3ccc(N4CCOCC4c4cccc(F)c4)nn23)cc1CN1CCNCC1. The Morgan fingerprint density at radius 1 is 1.08 bits per heavy atom. The number of benzene rings is 2. The van der Waals surface area contributed by atoms with Crippen molar-refractivity contribution in [3.63, 3.8) is 0 Å². The third-order valence-electron chi connectivity index (χ3n) is 7.13. The van der Waals surface area contributed by atoms with Crippen LogP contribution in [0.15, 0.2) is 60.8 Å². The Balaban J connectivity index is 1.35. The number of morpholine rings is 1. The summed E-state index contributed by atoms with van der Waals surface area (Å²) in [5.74, 6) is 0.514. The molecular formula is C28H28FN7O. The first-order valence-corrected chi connectivity index (χ1v) is 12.6. The molecule has 37 heavy (non-hydrogen) atoms. The minimum Gasteiger partial charge on any atom is -0.377 e. The average molecular weight is 498 g/mol. The van der Waals surface area contributed by atoms with Gasteiger partial charge in [0.1, 0.15) is 11.6 Å². The predicted molar refractivity (Wildman–Crippen MR) is 139 cm³/mol. The van der Waals surface area contributed by atoms with E-state index in [-0.39, 0.29) is 11.9 Å². The highest BCUT2D eigenvalue weighted by atomic mass is 19.1. The van der Waals surface area contributed by atoms with E-state index in [1.807, 2.05) is 41.0 Å². The standard InChI is InChI=1S/C28H28FN7O/c29-24-3-1-2-20(15-24)26-19-37-13-12-35(26)28-7-6-27-32-17-25(36(27)33-28)21-4-5-22(16-30)23(14-21)18-34-10-8-31-9-11-34/h1-7,14-15,17,26,31H,8-13,18-19H2. The van der Waals surface area contributed by atoms with E-state index < -0.39 is 0 Å². The van der Waals surface area contributed by atoms with Gasteiger partial charge in [0.05, 0.1) is 42.8 Å². The molecule has 1 N–H and O–H groups in total. The van der Waals surface area contributed by atoms with Crippen molar-refractivity contribution < 1.29 is 9.13 Å². The van der Waals surface area contributed by atoms with Gasteiger partial charge in [-0.2, -0.15) is 5.26 Å². The summed E-state index contributed by atoms with van der Waals surface area (Å²) >= 11 is 0. The third kappa shape index (κ3) is 4.79. The molecule has 8 nitrogen and oxygen atoms in total. The minimum atomic E-state index is -0.263. The number of nitriles is 1. The first-order valence-electron chi connectivity index (χ1n) is 12.6. The number of nitrogens with zero attached hydrogens (tertiary/aromatic N) is 6. The minimum absolute atomic E-state index is 0.137. The highest BCUT2D eigenvalue weighted by Gasteiger charge is 2.27. The summed E-state index contributed by atoms with van der Waals surface area (Å²) in [6, 6.07) is 18.7. The first-order chi connectivity index (χ1) is 18.2. The van der Waals surface area contributed by atoms with Gasteiger partial charge in [-0.25, -0.2) is 13.9 Å². The lowest BCUT2D eigenvalue weighted by Crippen LogP contribution is -2.43. The van der Waals surface area contributed by atoms with Gasteiger partial charge >= 0.3 is 0 Å². The maximum Gasteiger partial charge on any atom is 0.154 e. The second-order valence-electron chi connectivity index (χ2n) is 9.45. The zero-order valence-corrected chi connectivity index (χ0v) is 20.5. The van der Waals surface area contributed by atoms with Gasteiger partial charge in [-0.05, 0) is 47.5 Å². The van der Waals surface area contributed by atoms with Gasteiger partial charge in [0.2, 0.25) is 0 Å². The number of piperazine rings is 1. The van der Waals surface area contributed by atoms with Crippen LogP contribution in [0.1, 0.15) is 22.7 Å². The highest BCUT2D eigenvalue weighted by molar-refractivity contribution is 5.66. The van der Waals surface area contributed by atoms with Gasteiger partial charge in [0, 0.05) is 44.8 Å². The fourth-order valence-corrected chi connectivity index (χ4v) is 5.18. The highest BCUT2D eigenvalue weighted by Crippen LogP contribution is 2.30.